The van der Waals surface area contributed by atoms with Gasteiger partial charge in [-0.2, -0.15) is 0 Å². The summed E-state index contributed by atoms with van der Waals surface area (Å²) in [6.45, 7) is 6.14. The minimum atomic E-state index is -0.705. The van der Waals surface area contributed by atoms with E-state index in [2.05, 4.69) is 91.0 Å². The van der Waals surface area contributed by atoms with E-state index in [1.807, 2.05) is 0 Å². The molecule has 30 heavy (non-hydrogen) atoms. The summed E-state index contributed by atoms with van der Waals surface area (Å²) < 4.78 is 7.03. The van der Waals surface area contributed by atoms with Crippen molar-refractivity contribution in [2.75, 3.05) is 0 Å². The molecule has 2 heteroatoms. The van der Waals surface area contributed by atoms with Gasteiger partial charge in [0.2, 0.25) is 0 Å². The summed E-state index contributed by atoms with van der Waals surface area (Å²) in [7, 11) is 0. The molecule has 0 aliphatic heterocycles. The van der Waals surface area contributed by atoms with Crippen molar-refractivity contribution in [3.8, 4) is 0 Å². The Kier molecular flexibility index (Phi) is 8.17. The summed E-state index contributed by atoms with van der Waals surface area (Å²) in [5.74, 6) is 0.694. The number of hydrogen-bond acceptors (Lipinski definition) is 1. The molecule has 1 unspecified atom stereocenters. The molecule has 0 amide bonds. The molecule has 1 aliphatic rings. The van der Waals surface area contributed by atoms with Gasteiger partial charge in [-0.05, 0) is 29.0 Å². The van der Waals surface area contributed by atoms with Crippen molar-refractivity contribution in [1.82, 2.24) is 0 Å². The van der Waals surface area contributed by atoms with Crippen molar-refractivity contribution >= 4 is 0 Å². The van der Waals surface area contributed by atoms with Crippen LogP contribution in [0.5, 0.6) is 0 Å². The van der Waals surface area contributed by atoms with Crippen molar-refractivity contribution in [1.29, 1.82) is 0 Å². The summed E-state index contributed by atoms with van der Waals surface area (Å²) in [4.78, 5) is 0. The summed E-state index contributed by atoms with van der Waals surface area (Å²) >= 11 is 0. The molecule has 0 radical (unpaired) electrons. The molecule has 0 spiro atoms. The van der Waals surface area contributed by atoms with Crippen LogP contribution in [-0.4, -0.2) is 6.10 Å². The maximum Gasteiger partial charge on any atom is 1.00 e. The van der Waals surface area contributed by atoms with Crippen molar-refractivity contribution < 1.29 is 23.6 Å². The maximum absolute atomic E-state index is 7.03. The second kappa shape index (κ2) is 10.8. The molecule has 1 atom stereocenters. The predicted octanol–water partition coefficient (Wildman–Crippen LogP) is 3.94. The molecule has 1 saturated carbocycles. The van der Waals surface area contributed by atoms with E-state index in [-0.39, 0.29) is 25.0 Å². The number of hydrogen-bond donors (Lipinski definition) is 0. The molecular formula is C28H29LiO. The van der Waals surface area contributed by atoms with Gasteiger partial charge in [0.1, 0.15) is 5.60 Å². The molecule has 1 nitrogen and oxygen atoms in total. The van der Waals surface area contributed by atoms with Gasteiger partial charge in [-0.1, -0.05) is 117 Å². The summed E-state index contributed by atoms with van der Waals surface area (Å²) in [5.41, 5.74) is 2.66. The largest absolute Gasteiger partial charge is 1.00 e. The average Bonchev–Trinajstić information content (AvgIpc) is 3.31. The Labute approximate surface area is 193 Å². The number of ether oxygens (including phenoxy) is 1. The van der Waals surface area contributed by atoms with Crippen molar-refractivity contribution in [3.63, 3.8) is 0 Å². The fraction of sp³-hybridized carbons (Fsp3) is 0.286. The second-order valence-corrected chi connectivity index (χ2v) is 8.01. The van der Waals surface area contributed by atoms with Crippen LogP contribution in [0.2, 0.25) is 0 Å². The molecule has 3 aromatic rings. The van der Waals surface area contributed by atoms with E-state index < -0.39 is 5.60 Å². The molecule has 1 fully saturated rings. The van der Waals surface area contributed by atoms with Crippen LogP contribution in [-0.2, 0) is 10.3 Å². The SMILES string of the molecule is [CH-]=CC(CC1CCCC1)OC(c1ccccc1)(c1ccccc1)c1ccccc1.[Li+]. The zero-order chi connectivity index (χ0) is 19.9. The van der Waals surface area contributed by atoms with E-state index >= 15 is 0 Å². The van der Waals surface area contributed by atoms with Crippen LogP contribution in [0.3, 0.4) is 0 Å². The van der Waals surface area contributed by atoms with E-state index in [9.17, 15) is 0 Å². The molecular weight excluding hydrogens is 359 g/mol. The Balaban J connectivity index is 0.00000256. The molecule has 3 aromatic carbocycles. The standard InChI is InChI=1S/C28H29O.Li/c1-2-27(22-23-14-12-13-15-23)29-28(24-16-6-3-7-17-24,25-18-8-4-9-19-25)26-20-10-5-11-21-26;/h1-11,16-21,23,27H,12-15,22H2;/q-1;+1. The van der Waals surface area contributed by atoms with Gasteiger partial charge >= 0.3 is 18.9 Å². The summed E-state index contributed by atoms with van der Waals surface area (Å²) in [5, 5.41) is 0. The van der Waals surface area contributed by atoms with Crippen molar-refractivity contribution in [2.24, 2.45) is 5.92 Å². The second-order valence-electron chi connectivity index (χ2n) is 8.01. The molecule has 0 saturated heterocycles. The van der Waals surface area contributed by atoms with Crippen LogP contribution in [0.4, 0.5) is 0 Å². The molecule has 0 aromatic heterocycles. The fourth-order valence-corrected chi connectivity index (χ4v) is 4.69. The van der Waals surface area contributed by atoms with Gasteiger partial charge in [-0.3, -0.25) is 0 Å². The topological polar surface area (TPSA) is 9.23 Å². The Morgan fingerprint density at radius 2 is 1.17 bits per heavy atom. The van der Waals surface area contributed by atoms with Crippen LogP contribution in [0.1, 0.15) is 48.8 Å². The van der Waals surface area contributed by atoms with Gasteiger partial charge in [0.05, 0.1) is 0 Å². The van der Waals surface area contributed by atoms with Gasteiger partial charge in [0.15, 0.2) is 0 Å². The van der Waals surface area contributed by atoms with E-state index in [1.54, 1.807) is 6.08 Å². The quantitative estimate of drug-likeness (QED) is 0.323. The molecule has 4 rings (SSSR count). The Morgan fingerprint density at radius 3 is 1.53 bits per heavy atom. The minimum Gasteiger partial charge on any atom is -0.515 e. The van der Waals surface area contributed by atoms with Crippen LogP contribution < -0.4 is 18.9 Å². The predicted molar refractivity (Wildman–Crippen MR) is 120 cm³/mol. The summed E-state index contributed by atoms with van der Waals surface area (Å²) in [6.07, 6.45) is 7.82. The first kappa shape index (κ1) is 22.6. The Bertz CT molecular complexity index is 789. The molecule has 0 bridgehead atoms. The third-order valence-corrected chi connectivity index (χ3v) is 6.12. The van der Waals surface area contributed by atoms with Crippen LogP contribution in [0.15, 0.2) is 97.1 Å². The minimum absolute atomic E-state index is 0. The van der Waals surface area contributed by atoms with E-state index in [0.29, 0.717) is 5.92 Å². The zero-order valence-electron chi connectivity index (χ0n) is 17.9. The maximum atomic E-state index is 7.03. The Hall–Kier alpha value is -2.04. The smallest absolute Gasteiger partial charge is 0.515 e. The van der Waals surface area contributed by atoms with Gasteiger partial charge in [-0.15, -0.1) is 0 Å². The third kappa shape index (κ3) is 4.81. The van der Waals surface area contributed by atoms with Gasteiger partial charge in [-0.25, -0.2) is 6.08 Å². The zero-order valence-corrected chi connectivity index (χ0v) is 17.9. The van der Waals surface area contributed by atoms with Gasteiger partial charge in [0.25, 0.3) is 0 Å². The van der Waals surface area contributed by atoms with Crippen molar-refractivity contribution in [2.45, 2.75) is 43.8 Å². The van der Waals surface area contributed by atoms with E-state index in [1.165, 1.54) is 25.7 Å². The van der Waals surface area contributed by atoms with Crippen LogP contribution in [0, 0.1) is 12.5 Å². The van der Waals surface area contributed by atoms with Gasteiger partial charge in [0, 0.05) is 6.10 Å². The first-order valence-electron chi connectivity index (χ1n) is 10.7. The van der Waals surface area contributed by atoms with Gasteiger partial charge < -0.3 is 11.3 Å². The molecule has 0 N–H and O–H groups in total. The number of rotatable bonds is 8. The van der Waals surface area contributed by atoms with E-state index in [4.69, 9.17) is 11.3 Å². The van der Waals surface area contributed by atoms with Crippen LogP contribution in [0.25, 0.3) is 0 Å². The van der Waals surface area contributed by atoms with E-state index in [0.717, 1.165) is 23.1 Å². The third-order valence-electron chi connectivity index (χ3n) is 6.12. The fourth-order valence-electron chi connectivity index (χ4n) is 4.69. The van der Waals surface area contributed by atoms with Crippen LogP contribution >= 0.6 is 0 Å². The first-order valence-corrected chi connectivity index (χ1v) is 10.7. The molecule has 1 aliphatic carbocycles. The Morgan fingerprint density at radius 1 is 0.767 bits per heavy atom. The molecule has 148 valence electrons. The number of benzene rings is 3. The monoisotopic (exact) mass is 388 g/mol. The average molecular weight is 388 g/mol. The van der Waals surface area contributed by atoms with Crippen molar-refractivity contribution in [3.05, 3.63) is 120 Å². The first-order chi connectivity index (χ1) is 14.3. The normalized spacial score (nSPS) is 15.3. The molecule has 0 heterocycles. The summed E-state index contributed by atoms with van der Waals surface area (Å²) in [6, 6.07) is 31.6.